The zero-order chi connectivity index (χ0) is 18.3. The minimum atomic E-state index is -0.284. The quantitative estimate of drug-likeness (QED) is 0.770. The molecule has 0 saturated carbocycles. The molecule has 132 valence electrons. The van der Waals surface area contributed by atoms with Crippen LogP contribution >= 0.6 is 11.6 Å². The molecular weight excluding hydrogens is 348 g/mol. The van der Waals surface area contributed by atoms with Crippen LogP contribution in [0, 0.1) is 6.92 Å². The standard InChI is InChI=1S/C21H19ClN2O2/c1-14-16(22)10-7-11-17(14)24-20(25)18(15-8-3-2-4-9-15)19(21(24)26)23-12-5-6-13-23/h2-4,7-11H,5-6,12-13H2,1H3. The van der Waals surface area contributed by atoms with Crippen LogP contribution in [0.3, 0.4) is 0 Å². The fraction of sp³-hybridized carbons (Fsp3) is 0.238. The van der Waals surface area contributed by atoms with Gasteiger partial charge in [-0.1, -0.05) is 48.0 Å². The van der Waals surface area contributed by atoms with E-state index in [9.17, 15) is 9.59 Å². The smallest absolute Gasteiger partial charge is 0.282 e. The van der Waals surface area contributed by atoms with Crippen molar-refractivity contribution in [3.8, 4) is 0 Å². The molecule has 2 aliphatic heterocycles. The summed E-state index contributed by atoms with van der Waals surface area (Å²) < 4.78 is 0. The maximum absolute atomic E-state index is 13.3. The molecule has 1 fully saturated rings. The minimum absolute atomic E-state index is 0.263. The molecule has 2 aromatic carbocycles. The van der Waals surface area contributed by atoms with Crippen LogP contribution in [0.15, 0.2) is 54.2 Å². The van der Waals surface area contributed by atoms with Gasteiger partial charge in [0.25, 0.3) is 11.8 Å². The highest BCUT2D eigenvalue weighted by atomic mass is 35.5. The highest BCUT2D eigenvalue weighted by Gasteiger charge is 2.43. The largest absolute Gasteiger partial charge is 0.366 e. The van der Waals surface area contributed by atoms with Gasteiger partial charge in [-0.05, 0) is 43.0 Å². The zero-order valence-electron chi connectivity index (χ0n) is 14.5. The van der Waals surface area contributed by atoms with Gasteiger partial charge in [-0.15, -0.1) is 0 Å². The summed E-state index contributed by atoms with van der Waals surface area (Å²) >= 11 is 6.23. The van der Waals surface area contributed by atoms with E-state index in [1.807, 2.05) is 42.2 Å². The molecule has 0 aromatic heterocycles. The van der Waals surface area contributed by atoms with Gasteiger partial charge in [0.15, 0.2) is 0 Å². The molecular formula is C21H19ClN2O2. The van der Waals surface area contributed by atoms with Crippen molar-refractivity contribution in [2.24, 2.45) is 0 Å². The topological polar surface area (TPSA) is 40.6 Å². The number of hydrogen-bond donors (Lipinski definition) is 0. The molecule has 2 amide bonds. The van der Waals surface area contributed by atoms with Crippen molar-refractivity contribution in [3.63, 3.8) is 0 Å². The Bertz CT molecular complexity index is 915. The van der Waals surface area contributed by atoms with Crippen molar-refractivity contribution >= 4 is 34.7 Å². The third kappa shape index (κ3) is 2.61. The van der Waals surface area contributed by atoms with E-state index in [4.69, 9.17) is 11.6 Å². The van der Waals surface area contributed by atoms with Crippen molar-refractivity contribution in [3.05, 3.63) is 70.4 Å². The SMILES string of the molecule is Cc1c(Cl)cccc1N1C(=O)C(c2ccccc2)=C(N2CCCC2)C1=O. The van der Waals surface area contributed by atoms with E-state index in [2.05, 4.69) is 0 Å². The van der Waals surface area contributed by atoms with Crippen LogP contribution in [0.25, 0.3) is 5.57 Å². The Labute approximate surface area is 157 Å². The summed E-state index contributed by atoms with van der Waals surface area (Å²) in [6.45, 7) is 3.42. The fourth-order valence-corrected chi connectivity index (χ4v) is 3.84. The molecule has 1 saturated heterocycles. The van der Waals surface area contributed by atoms with Gasteiger partial charge in [0.1, 0.15) is 5.70 Å². The number of hydrogen-bond acceptors (Lipinski definition) is 3. The van der Waals surface area contributed by atoms with Crippen molar-refractivity contribution in [2.75, 3.05) is 18.0 Å². The van der Waals surface area contributed by atoms with Crippen molar-refractivity contribution in [2.45, 2.75) is 19.8 Å². The van der Waals surface area contributed by atoms with Gasteiger partial charge in [-0.2, -0.15) is 0 Å². The van der Waals surface area contributed by atoms with E-state index in [0.717, 1.165) is 37.1 Å². The molecule has 0 radical (unpaired) electrons. The van der Waals surface area contributed by atoms with Crippen LogP contribution < -0.4 is 4.90 Å². The number of rotatable bonds is 3. The number of carbonyl (C=O) groups excluding carboxylic acids is 2. The lowest BCUT2D eigenvalue weighted by Crippen LogP contribution is -2.35. The van der Waals surface area contributed by atoms with Gasteiger partial charge in [-0.3, -0.25) is 9.59 Å². The highest BCUT2D eigenvalue weighted by molar-refractivity contribution is 6.46. The second-order valence-electron chi connectivity index (χ2n) is 6.61. The van der Waals surface area contributed by atoms with Crippen molar-refractivity contribution in [1.29, 1.82) is 0 Å². The molecule has 26 heavy (non-hydrogen) atoms. The highest BCUT2D eigenvalue weighted by Crippen LogP contribution is 2.38. The van der Waals surface area contributed by atoms with Gasteiger partial charge in [0, 0.05) is 18.1 Å². The first-order valence-electron chi connectivity index (χ1n) is 8.78. The first kappa shape index (κ1) is 16.9. The second-order valence-corrected chi connectivity index (χ2v) is 7.02. The van der Waals surface area contributed by atoms with Gasteiger partial charge < -0.3 is 4.90 Å². The lowest BCUT2D eigenvalue weighted by atomic mass is 10.0. The van der Waals surface area contributed by atoms with Crippen LogP contribution in [0.2, 0.25) is 5.02 Å². The van der Waals surface area contributed by atoms with Crippen LogP contribution in [-0.4, -0.2) is 29.8 Å². The number of amides is 2. The van der Waals surface area contributed by atoms with Crippen LogP contribution in [-0.2, 0) is 9.59 Å². The molecule has 0 bridgehead atoms. The lowest BCUT2D eigenvalue weighted by Gasteiger charge is -2.21. The predicted octanol–water partition coefficient (Wildman–Crippen LogP) is 4.03. The Morgan fingerprint density at radius 3 is 2.27 bits per heavy atom. The maximum atomic E-state index is 13.3. The Hall–Kier alpha value is -2.59. The lowest BCUT2D eigenvalue weighted by molar-refractivity contribution is -0.120. The molecule has 0 N–H and O–H groups in total. The minimum Gasteiger partial charge on any atom is -0.366 e. The first-order chi connectivity index (χ1) is 12.6. The average Bonchev–Trinajstić information content (AvgIpc) is 3.25. The van der Waals surface area contributed by atoms with E-state index in [1.165, 1.54) is 4.90 Å². The van der Waals surface area contributed by atoms with Crippen LogP contribution in [0.4, 0.5) is 5.69 Å². The molecule has 2 heterocycles. The number of halogens is 1. The van der Waals surface area contributed by atoms with E-state index in [1.54, 1.807) is 18.2 Å². The summed E-state index contributed by atoms with van der Waals surface area (Å²) in [6, 6.07) is 14.7. The summed E-state index contributed by atoms with van der Waals surface area (Å²) in [7, 11) is 0. The van der Waals surface area contributed by atoms with Gasteiger partial charge in [-0.25, -0.2) is 4.90 Å². The van der Waals surface area contributed by atoms with E-state index in [-0.39, 0.29) is 11.8 Å². The number of imide groups is 1. The predicted molar refractivity (Wildman–Crippen MR) is 103 cm³/mol. The summed E-state index contributed by atoms with van der Waals surface area (Å²) in [5.41, 5.74) is 3.05. The Morgan fingerprint density at radius 1 is 0.885 bits per heavy atom. The van der Waals surface area contributed by atoms with Gasteiger partial charge >= 0.3 is 0 Å². The van der Waals surface area contributed by atoms with Crippen LogP contribution in [0.1, 0.15) is 24.0 Å². The normalized spacial score (nSPS) is 17.6. The van der Waals surface area contributed by atoms with E-state index in [0.29, 0.717) is 22.0 Å². The third-order valence-electron chi connectivity index (χ3n) is 5.02. The zero-order valence-corrected chi connectivity index (χ0v) is 15.3. The summed E-state index contributed by atoms with van der Waals surface area (Å²) in [5, 5.41) is 0.541. The molecule has 0 unspecified atom stereocenters. The van der Waals surface area contributed by atoms with Crippen molar-refractivity contribution < 1.29 is 9.59 Å². The molecule has 5 heteroatoms. The van der Waals surface area contributed by atoms with Gasteiger partial charge in [0.2, 0.25) is 0 Å². The van der Waals surface area contributed by atoms with Gasteiger partial charge in [0.05, 0.1) is 11.3 Å². The molecule has 0 aliphatic carbocycles. The monoisotopic (exact) mass is 366 g/mol. The number of benzene rings is 2. The number of likely N-dealkylation sites (tertiary alicyclic amines) is 1. The Morgan fingerprint density at radius 2 is 1.58 bits per heavy atom. The van der Waals surface area contributed by atoms with E-state index < -0.39 is 0 Å². The molecule has 0 atom stereocenters. The Balaban J connectivity index is 1.87. The molecule has 2 aromatic rings. The molecule has 4 nitrogen and oxygen atoms in total. The number of nitrogens with zero attached hydrogens (tertiary/aromatic N) is 2. The number of anilines is 1. The van der Waals surface area contributed by atoms with Crippen molar-refractivity contribution in [1.82, 2.24) is 4.90 Å². The summed E-state index contributed by atoms with van der Waals surface area (Å²) in [6.07, 6.45) is 2.06. The maximum Gasteiger partial charge on any atom is 0.282 e. The molecule has 2 aliphatic rings. The van der Waals surface area contributed by atoms with Crippen LogP contribution in [0.5, 0.6) is 0 Å². The average molecular weight is 367 g/mol. The Kier molecular flexibility index (Phi) is 4.29. The fourth-order valence-electron chi connectivity index (χ4n) is 3.67. The van der Waals surface area contributed by atoms with E-state index >= 15 is 0 Å². The first-order valence-corrected chi connectivity index (χ1v) is 9.16. The summed E-state index contributed by atoms with van der Waals surface area (Å²) in [5.74, 6) is -0.547. The number of carbonyl (C=O) groups is 2. The molecule has 4 rings (SSSR count). The second kappa shape index (κ2) is 6.61. The molecule has 0 spiro atoms. The third-order valence-corrected chi connectivity index (χ3v) is 5.43. The summed E-state index contributed by atoms with van der Waals surface area (Å²) in [4.78, 5) is 30.0.